The predicted octanol–water partition coefficient (Wildman–Crippen LogP) is 3.37. The van der Waals surface area contributed by atoms with Crippen LogP contribution in [-0.2, 0) is 0 Å². The third kappa shape index (κ3) is 3.65. The van der Waals surface area contributed by atoms with Gasteiger partial charge in [0.25, 0.3) is 0 Å². The molecule has 0 saturated carbocycles. The molecule has 86 valence electrons. The van der Waals surface area contributed by atoms with E-state index in [1.54, 1.807) is 0 Å². The number of nitrogens with zero attached hydrogens (tertiary/aromatic N) is 2. The maximum atomic E-state index is 4.16. The fraction of sp³-hybridized carbons (Fsp3) is 0.833. The summed E-state index contributed by atoms with van der Waals surface area (Å²) in [6.07, 6.45) is 3.05. The molecule has 0 amide bonds. The van der Waals surface area contributed by atoms with Gasteiger partial charge in [-0.2, -0.15) is 0 Å². The molecule has 1 aromatic heterocycles. The van der Waals surface area contributed by atoms with Gasteiger partial charge < -0.3 is 0 Å². The first-order valence-corrected chi connectivity index (χ1v) is 5.56. The molecule has 1 unspecified atom stereocenters. The third-order valence-electron chi connectivity index (χ3n) is 2.65. The van der Waals surface area contributed by atoms with Gasteiger partial charge in [-0.15, -0.1) is 5.10 Å². The van der Waals surface area contributed by atoms with E-state index in [4.69, 9.17) is 0 Å². The molecule has 0 spiro atoms. The zero-order valence-corrected chi connectivity index (χ0v) is 10.8. The standard InChI is InChI=1S/C12H23N3/c1-11(2,3)7-9(12(4,5)6)10-8-13-15-14-10/h8-9H,7H2,1-6H3,(H,13,14,15). The minimum Gasteiger partial charge on any atom is -0.265 e. The Morgan fingerprint density at radius 2 is 1.80 bits per heavy atom. The number of rotatable bonds is 2. The summed E-state index contributed by atoms with van der Waals surface area (Å²) in [7, 11) is 0. The van der Waals surface area contributed by atoms with Crippen molar-refractivity contribution in [1.82, 2.24) is 15.4 Å². The number of hydrogen-bond acceptors (Lipinski definition) is 2. The lowest BCUT2D eigenvalue weighted by molar-refractivity contribution is 0.225. The highest BCUT2D eigenvalue weighted by atomic mass is 15.3. The van der Waals surface area contributed by atoms with Crippen molar-refractivity contribution in [2.75, 3.05) is 0 Å². The molecular weight excluding hydrogens is 186 g/mol. The smallest absolute Gasteiger partial charge is 0.0860 e. The minimum atomic E-state index is 0.226. The van der Waals surface area contributed by atoms with E-state index in [1.165, 1.54) is 0 Å². The number of aromatic nitrogens is 3. The van der Waals surface area contributed by atoms with Crippen LogP contribution in [0.4, 0.5) is 0 Å². The molecule has 0 aromatic carbocycles. The van der Waals surface area contributed by atoms with Crippen molar-refractivity contribution >= 4 is 0 Å². The second kappa shape index (κ2) is 3.95. The number of H-pyrrole nitrogens is 1. The van der Waals surface area contributed by atoms with Crippen LogP contribution in [0.3, 0.4) is 0 Å². The first kappa shape index (κ1) is 12.2. The van der Waals surface area contributed by atoms with E-state index in [-0.39, 0.29) is 5.41 Å². The SMILES string of the molecule is CC(C)(C)CC(c1c[nH]nn1)C(C)(C)C. The van der Waals surface area contributed by atoms with Gasteiger partial charge in [-0.1, -0.05) is 46.8 Å². The largest absolute Gasteiger partial charge is 0.265 e. The van der Waals surface area contributed by atoms with Crippen LogP contribution in [0.1, 0.15) is 59.6 Å². The van der Waals surface area contributed by atoms with E-state index in [0.29, 0.717) is 11.3 Å². The highest BCUT2D eigenvalue weighted by Gasteiger charge is 2.31. The molecule has 0 aliphatic carbocycles. The van der Waals surface area contributed by atoms with Crippen LogP contribution in [0.5, 0.6) is 0 Å². The maximum Gasteiger partial charge on any atom is 0.0860 e. The Morgan fingerprint density at radius 1 is 1.20 bits per heavy atom. The predicted molar refractivity (Wildman–Crippen MR) is 62.7 cm³/mol. The number of hydrogen-bond donors (Lipinski definition) is 1. The number of aromatic amines is 1. The maximum absolute atomic E-state index is 4.16. The van der Waals surface area contributed by atoms with Gasteiger partial charge in [0.1, 0.15) is 0 Å². The topological polar surface area (TPSA) is 41.6 Å². The van der Waals surface area contributed by atoms with Gasteiger partial charge >= 0.3 is 0 Å². The molecule has 15 heavy (non-hydrogen) atoms. The van der Waals surface area contributed by atoms with Crippen molar-refractivity contribution < 1.29 is 0 Å². The second-order valence-corrected chi connectivity index (χ2v) is 6.58. The molecule has 0 fully saturated rings. The zero-order valence-electron chi connectivity index (χ0n) is 10.8. The molecule has 0 aliphatic heterocycles. The van der Waals surface area contributed by atoms with Crippen molar-refractivity contribution in [2.24, 2.45) is 10.8 Å². The van der Waals surface area contributed by atoms with Crippen LogP contribution in [0, 0.1) is 10.8 Å². The van der Waals surface area contributed by atoms with Crippen molar-refractivity contribution in [1.29, 1.82) is 0 Å². The summed E-state index contributed by atoms with van der Waals surface area (Å²) in [6.45, 7) is 13.6. The lowest BCUT2D eigenvalue weighted by Crippen LogP contribution is -2.24. The normalized spacial score (nSPS) is 15.3. The average molecular weight is 209 g/mol. The molecular formula is C12H23N3. The van der Waals surface area contributed by atoms with Gasteiger partial charge in [0.15, 0.2) is 0 Å². The number of nitrogens with one attached hydrogen (secondary N) is 1. The summed E-state index contributed by atoms with van der Waals surface area (Å²) in [5.41, 5.74) is 1.62. The van der Waals surface area contributed by atoms with Gasteiger partial charge in [0, 0.05) is 12.1 Å². The third-order valence-corrected chi connectivity index (χ3v) is 2.65. The van der Waals surface area contributed by atoms with Gasteiger partial charge in [0.05, 0.1) is 5.69 Å². The van der Waals surface area contributed by atoms with Gasteiger partial charge in [-0.05, 0) is 17.3 Å². The molecule has 1 atom stereocenters. The lowest BCUT2D eigenvalue weighted by atomic mass is 9.71. The lowest BCUT2D eigenvalue weighted by Gasteiger charge is -2.34. The molecule has 0 radical (unpaired) electrons. The van der Waals surface area contributed by atoms with Crippen LogP contribution >= 0.6 is 0 Å². The van der Waals surface area contributed by atoms with Crippen LogP contribution < -0.4 is 0 Å². The van der Waals surface area contributed by atoms with Crippen molar-refractivity contribution in [2.45, 2.75) is 53.9 Å². The molecule has 0 aliphatic rings. The summed E-state index contributed by atoms with van der Waals surface area (Å²) in [5, 5.41) is 10.8. The zero-order chi connectivity index (χ0) is 11.7. The molecule has 0 bridgehead atoms. The van der Waals surface area contributed by atoms with E-state index >= 15 is 0 Å². The minimum absolute atomic E-state index is 0.226. The molecule has 1 heterocycles. The Bertz CT molecular complexity index is 288. The molecule has 1 aromatic rings. The van der Waals surface area contributed by atoms with Crippen molar-refractivity contribution in [3.8, 4) is 0 Å². The Labute approximate surface area is 92.7 Å². The highest BCUT2D eigenvalue weighted by Crippen LogP contribution is 2.41. The van der Waals surface area contributed by atoms with Crippen LogP contribution in [0.2, 0.25) is 0 Å². The van der Waals surface area contributed by atoms with Crippen molar-refractivity contribution in [3.05, 3.63) is 11.9 Å². The molecule has 1 rings (SSSR count). The fourth-order valence-corrected chi connectivity index (χ4v) is 1.85. The van der Waals surface area contributed by atoms with Gasteiger partial charge in [0.2, 0.25) is 0 Å². The van der Waals surface area contributed by atoms with E-state index in [2.05, 4.69) is 57.0 Å². The first-order chi connectivity index (χ1) is 6.70. The molecule has 3 nitrogen and oxygen atoms in total. The molecule has 3 heteroatoms. The Balaban J connectivity index is 2.90. The Kier molecular flexibility index (Phi) is 3.22. The summed E-state index contributed by atoms with van der Waals surface area (Å²) in [4.78, 5) is 0. The van der Waals surface area contributed by atoms with E-state index in [1.807, 2.05) is 6.20 Å². The second-order valence-electron chi connectivity index (χ2n) is 6.58. The van der Waals surface area contributed by atoms with Crippen LogP contribution in [0.15, 0.2) is 6.20 Å². The molecule has 1 N–H and O–H groups in total. The van der Waals surface area contributed by atoms with Crippen LogP contribution in [0.25, 0.3) is 0 Å². The molecule has 0 saturated heterocycles. The van der Waals surface area contributed by atoms with E-state index < -0.39 is 0 Å². The summed E-state index contributed by atoms with van der Waals surface area (Å²) >= 11 is 0. The Morgan fingerprint density at radius 3 is 2.13 bits per heavy atom. The highest BCUT2D eigenvalue weighted by molar-refractivity contribution is 5.06. The van der Waals surface area contributed by atoms with Crippen LogP contribution in [-0.4, -0.2) is 15.4 Å². The Hall–Kier alpha value is -0.860. The first-order valence-electron chi connectivity index (χ1n) is 5.56. The van der Waals surface area contributed by atoms with Gasteiger partial charge in [-0.25, -0.2) is 0 Å². The van der Waals surface area contributed by atoms with Gasteiger partial charge in [-0.3, -0.25) is 5.10 Å². The monoisotopic (exact) mass is 209 g/mol. The average Bonchev–Trinajstić information content (AvgIpc) is 2.47. The summed E-state index contributed by atoms with van der Waals surface area (Å²) in [5.74, 6) is 0.455. The van der Waals surface area contributed by atoms with E-state index in [0.717, 1.165) is 12.1 Å². The quantitative estimate of drug-likeness (QED) is 0.811. The van der Waals surface area contributed by atoms with E-state index in [9.17, 15) is 0 Å². The fourth-order valence-electron chi connectivity index (χ4n) is 1.85. The summed E-state index contributed by atoms with van der Waals surface area (Å²) in [6, 6.07) is 0. The summed E-state index contributed by atoms with van der Waals surface area (Å²) < 4.78 is 0. The van der Waals surface area contributed by atoms with Crippen molar-refractivity contribution in [3.63, 3.8) is 0 Å².